The number of ether oxygens (including phenoxy) is 1. The molecule has 13 heavy (non-hydrogen) atoms. The van der Waals surface area contributed by atoms with Gasteiger partial charge in [0.1, 0.15) is 0 Å². The zero-order valence-electron chi connectivity index (χ0n) is 7.51. The Balaban J connectivity index is 2.60. The van der Waals surface area contributed by atoms with Gasteiger partial charge < -0.3 is 10.5 Å². The quantitative estimate of drug-likeness (QED) is 0.692. The van der Waals surface area contributed by atoms with E-state index in [2.05, 4.69) is 6.92 Å². The van der Waals surface area contributed by atoms with E-state index in [0.717, 1.165) is 10.6 Å². The van der Waals surface area contributed by atoms with Crippen molar-refractivity contribution in [1.29, 1.82) is 0 Å². The first-order chi connectivity index (χ1) is 6.20. The molecule has 3 heteroatoms. The second-order valence-electron chi connectivity index (χ2n) is 3.38. The summed E-state index contributed by atoms with van der Waals surface area (Å²) < 4.78 is 5.33. The first kappa shape index (κ1) is 9.00. The molecule has 1 heterocycles. The molecule has 0 bridgehead atoms. The van der Waals surface area contributed by atoms with Crippen LogP contribution < -0.4 is 5.73 Å². The van der Waals surface area contributed by atoms with Crippen LogP contribution in [0.15, 0.2) is 12.1 Å². The fraction of sp³-hybridized carbons (Fsp3) is 0.400. The van der Waals surface area contributed by atoms with Gasteiger partial charge in [-0.2, -0.15) is 0 Å². The second-order valence-corrected chi connectivity index (χ2v) is 3.79. The van der Waals surface area contributed by atoms with E-state index in [9.17, 15) is 0 Å². The molecule has 0 aromatic heterocycles. The van der Waals surface area contributed by atoms with Crippen LogP contribution in [0.3, 0.4) is 0 Å². The molecular formula is C10H12ClNO. The molecular weight excluding hydrogens is 186 g/mol. The normalized spacial score (nSPS) is 21.3. The van der Waals surface area contributed by atoms with Gasteiger partial charge in [-0.15, -0.1) is 0 Å². The van der Waals surface area contributed by atoms with Crippen LogP contribution in [0.5, 0.6) is 0 Å². The number of hydrogen-bond donors (Lipinski definition) is 1. The average molecular weight is 198 g/mol. The van der Waals surface area contributed by atoms with Crippen molar-refractivity contribution in [1.82, 2.24) is 0 Å². The largest absolute Gasteiger partial charge is 0.375 e. The standard InChI is InChI=1S/C10H12ClNO/c1-6-2-3-8(11)7-4-13-5-9(12)10(6)7/h2-3,9H,4-5,12H2,1H3. The van der Waals surface area contributed by atoms with Crippen molar-refractivity contribution in [3.05, 3.63) is 33.8 Å². The average Bonchev–Trinajstić information content (AvgIpc) is 2.12. The lowest BCUT2D eigenvalue weighted by molar-refractivity contribution is 0.0922. The molecule has 0 radical (unpaired) electrons. The monoisotopic (exact) mass is 197 g/mol. The molecule has 1 aromatic carbocycles. The number of halogens is 1. The molecule has 70 valence electrons. The number of rotatable bonds is 0. The summed E-state index contributed by atoms with van der Waals surface area (Å²) in [5.41, 5.74) is 9.36. The van der Waals surface area contributed by atoms with E-state index in [0.29, 0.717) is 13.2 Å². The maximum absolute atomic E-state index is 6.04. The predicted octanol–water partition coefficient (Wildman–Crippen LogP) is 2.18. The number of benzene rings is 1. The molecule has 0 fully saturated rings. The van der Waals surface area contributed by atoms with Crippen LogP contribution in [0.25, 0.3) is 0 Å². The third-order valence-corrected chi connectivity index (χ3v) is 2.79. The van der Waals surface area contributed by atoms with Crippen LogP contribution in [0.2, 0.25) is 5.02 Å². The van der Waals surface area contributed by atoms with Gasteiger partial charge in [0.25, 0.3) is 0 Å². The third kappa shape index (κ3) is 1.46. The molecule has 0 aliphatic carbocycles. The summed E-state index contributed by atoms with van der Waals surface area (Å²) in [5.74, 6) is 0. The molecule has 0 amide bonds. The second kappa shape index (κ2) is 3.29. The zero-order chi connectivity index (χ0) is 9.42. The number of hydrogen-bond acceptors (Lipinski definition) is 2. The van der Waals surface area contributed by atoms with Gasteiger partial charge in [0.05, 0.1) is 19.3 Å². The van der Waals surface area contributed by atoms with Crippen molar-refractivity contribution in [3.8, 4) is 0 Å². The molecule has 1 unspecified atom stereocenters. The van der Waals surface area contributed by atoms with Crippen LogP contribution in [0.1, 0.15) is 22.7 Å². The Morgan fingerprint density at radius 2 is 2.31 bits per heavy atom. The minimum Gasteiger partial charge on any atom is -0.375 e. The summed E-state index contributed by atoms with van der Waals surface area (Å²) in [7, 11) is 0. The molecule has 1 atom stereocenters. The lowest BCUT2D eigenvalue weighted by atomic mass is 9.95. The fourth-order valence-electron chi connectivity index (χ4n) is 1.79. The summed E-state index contributed by atoms with van der Waals surface area (Å²) in [4.78, 5) is 0. The number of aryl methyl sites for hydroxylation is 1. The van der Waals surface area contributed by atoms with E-state index in [4.69, 9.17) is 22.1 Å². The van der Waals surface area contributed by atoms with Gasteiger partial charge in [0, 0.05) is 10.6 Å². The Bertz CT molecular complexity index is 338. The lowest BCUT2D eigenvalue weighted by Crippen LogP contribution is -2.24. The predicted molar refractivity (Wildman–Crippen MR) is 52.8 cm³/mol. The first-order valence-corrected chi connectivity index (χ1v) is 4.69. The van der Waals surface area contributed by atoms with E-state index >= 15 is 0 Å². The maximum atomic E-state index is 6.04. The Kier molecular flexibility index (Phi) is 2.28. The van der Waals surface area contributed by atoms with E-state index in [1.54, 1.807) is 0 Å². The highest BCUT2D eigenvalue weighted by molar-refractivity contribution is 6.31. The van der Waals surface area contributed by atoms with Gasteiger partial charge >= 0.3 is 0 Å². The minimum atomic E-state index is -0.0255. The van der Waals surface area contributed by atoms with Gasteiger partial charge in [0.15, 0.2) is 0 Å². The molecule has 0 saturated heterocycles. The molecule has 0 saturated carbocycles. The zero-order valence-corrected chi connectivity index (χ0v) is 8.27. The molecule has 2 N–H and O–H groups in total. The first-order valence-electron chi connectivity index (χ1n) is 4.31. The van der Waals surface area contributed by atoms with Crippen molar-refractivity contribution in [3.63, 3.8) is 0 Å². The van der Waals surface area contributed by atoms with Gasteiger partial charge in [-0.1, -0.05) is 17.7 Å². The van der Waals surface area contributed by atoms with Crippen LogP contribution in [0.4, 0.5) is 0 Å². The molecule has 1 aromatic rings. The maximum Gasteiger partial charge on any atom is 0.0735 e. The van der Waals surface area contributed by atoms with E-state index in [-0.39, 0.29) is 6.04 Å². The molecule has 1 aliphatic heterocycles. The Hall–Kier alpha value is -0.570. The van der Waals surface area contributed by atoms with Crippen molar-refractivity contribution in [2.24, 2.45) is 5.73 Å². The topological polar surface area (TPSA) is 35.2 Å². The number of nitrogens with two attached hydrogens (primary N) is 1. The Labute approximate surface area is 82.6 Å². The molecule has 2 nitrogen and oxygen atoms in total. The van der Waals surface area contributed by atoms with Crippen LogP contribution in [-0.4, -0.2) is 6.61 Å². The van der Waals surface area contributed by atoms with Crippen molar-refractivity contribution < 1.29 is 4.74 Å². The lowest BCUT2D eigenvalue weighted by Gasteiger charge is -2.25. The van der Waals surface area contributed by atoms with Crippen LogP contribution in [0, 0.1) is 6.92 Å². The molecule has 1 aliphatic rings. The van der Waals surface area contributed by atoms with Crippen molar-refractivity contribution in [2.75, 3.05) is 6.61 Å². The van der Waals surface area contributed by atoms with Crippen LogP contribution in [-0.2, 0) is 11.3 Å². The highest BCUT2D eigenvalue weighted by Gasteiger charge is 2.21. The van der Waals surface area contributed by atoms with Crippen molar-refractivity contribution in [2.45, 2.75) is 19.6 Å². The highest BCUT2D eigenvalue weighted by Crippen LogP contribution is 2.31. The van der Waals surface area contributed by atoms with Gasteiger partial charge in [0.2, 0.25) is 0 Å². The molecule has 2 rings (SSSR count). The van der Waals surface area contributed by atoms with E-state index in [1.165, 1.54) is 11.1 Å². The van der Waals surface area contributed by atoms with Gasteiger partial charge in [-0.3, -0.25) is 0 Å². The summed E-state index contributed by atoms with van der Waals surface area (Å²) in [6.07, 6.45) is 0. The Morgan fingerprint density at radius 1 is 1.54 bits per heavy atom. The SMILES string of the molecule is Cc1ccc(Cl)c2c1C(N)COC2. The Morgan fingerprint density at radius 3 is 3.00 bits per heavy atom. The van der Waals surface area contributed by atoms with Crippen molar-refractivity contribution >= 4 is 11.6 Å². The summed E-state index contributed by atoms with van der Waals surface area (Å²) in [6, 6.07) is 3.88. The van der Waals surface area contributed by atoms with Gasteiger partial charge in [-0.05, 0) is 24.1 Å². The third-order valence-electron chi connectivity index (χ3n) is 2.43. The fourth-order valence-corrected chi connectivity index (χ4v) is 2.01. The highest BCUT2D eigenvalue weighted by atomic mass is 35.5. The van der Waals surface area contributed by atoms with E-state index in [1.807, 2.05) is 12.1 Å². The smallest absolute Gasteiger partial charge is 0.0735 e. The summed E-state index contributed by atoms with van der Waals surface area (Å²) in [6.45, 7) is 3.23. The molecule has 0 spiro atoms. The minimum absolute atomic E-state index is 0.0255. The number of fused-ring (bicyclic) bond motifs is 1. The van der Waals surface area contributed by atoms with Crippen LogP contribution >= 0.6 is 11.6 Å². The summed E-state index contributed by atoms with van der Waals surface area (Å²) >= 11 is 6.04. The van der Waals surface area contributed by atoms with E-state index < -0.39 is 0 Å². The summed E-state index contributed by atoms with van der Waals surface area (Å²) in [5, 5.41) is 0.760. The van der Waals surface area contributed by atoms with Gasteiger partial charge in [-0.25, -0.2) is 0 Å².